The van der Waals surface area contributed by atoms with Crippen LogP contribution in [0.3, 0.4) is 0 Å². The maximum Gasteiger partial charge on any atom is 0.322 e. The number of hydrogen-bond donors (Lipinski definition) is 16. The van der Waals surface area contributed by atoms with Crippen molar-refractivity contribution in [1.29, 1.82) is 0 Å². The van der Waals surface area contributed by atoms with E-state index >= 15 is 0 Å². The number of nitrogens with two attached hydrogens (primary N) is 3. The Balaban J connectivity index is 3.08. The van der Waals surface area contributed by atoms with E-state index in [1.54, 1.807) is 30.3 Å². The predicted molar refractivity (Wildman–Crippen MR) is 249 cm³/mol. The number of hydrogen-bond acceptors (Lipinski definition) is 16. The van der Waals surface area contributed by atoms with Crippen LogP contribution in [0, 0.1) is 5.92 Å². The van der Waals surface area contributed by atoms with E-state index in [0.717, 1.165) is 5.56 Å². The topological polar surface area (TPSA) is 489 Å². The number of rotatable bonds is 34. The molecule has 0 fully saturated rings. The summed E-state index contributed by atoms with van der Waals surface area (Å²) >= 11 is 0. The van der Waals surface area contributed by atoms with E-state index in [1.165, 1.54) is 20.8 Å². The van der Waals surface area contributed by atoms with Gasteiger partial charge in [0.25, 0.3) is 0 Å². The zero-order chi connectivity index (χ0) is 54.7. The number of carbonyl (C=O) groups excluding carboxylic acids is 10. The van der Waals surface area contributed by atoms with Crippen LogP contribution in [0.4, 0.5) is 0 Å². The third kappa shape index (κ3) is 24.2. The maximum atomic E-state index is 13.5. The van der Waals surface area contributed by atoms with Gasteiger partial charge in [-0.15, -0.1) is 0 Å². The van der Waals surface area contributed by atoms with E-state index in [4.69, 9.17) is 22.3 Å². The Hall–Kier alpha value is -7.79. The zero-order valence-electron chi connectivity index (χ0n) is 39.9. The normalized spacial score (nSPS) is 14.2. The van der Waals surface area contributed by atoms with Crippen LogP contribution in [-0.4, -0.2) is 172 Å². The molecule has 10 amide bonds. The molecule has 0 saturated heterocycles. The third-order valence-corrected chi connectivity index (χ3v) is 10.2. The average molecular weight is 1020 g/mol. The van der Waals surface area contributed by atoms with Crippen molar-refractivity contribution in [3.8, 4) is 0 Å². The van der Waals surface area contributed by atoms with Gasteiger partial charge in [-0.2, -0.15) is 0 Å². The van der Waals surface area contributed by atoms with Crippen molar-refractivity contribution in [2.45, 2.75) is 120 Å². The van der Waals surface area contributed by atoms with Crippen LogP contribution in [0.2, 0.25) is 0 Å². The highest BCUT2D eigenvalue weighted by atomic mass is 16.4. The van der Waals surface area contributed by atoms with E-state index in [9.17, 15) is 77.6 Å². The second-order valence-electron chi connectivity index (χ2n) is 16.6. The molecular weight excluding hydrogens is 957 g/mol. The van der Waals surface area contributed by atoms with Gasteiger partial charge in [-0.25, -0.2) is 0 Å². The smallest absolute Gasteiger partial charge is 0.322 e. The van der Waals surface area contributed by atoms with Crippen molar-refractivity contribution in [3.05, 3.63) is 35.9 Å². The van der Waals surface area contributed by atoms with Crippen molar-refractivity contribution in [2.75, 3.05) is 26.2 Å². The molecule has 8 atom stereocenters. The van der Waals surface area contributed by atoms with E-state index in [0.29, 0.717) is 12.8 Å². The number of amides is 10. The summed E-state index contributed by atoms with van der Waals surface area (Å²) in [6.45, 7) is 1.56. The van der Waals surface area contributed by atoms with Crippen molar-refractivity contribution < 1.29 is 82.8 Å². The number of unbranched alkanes of at least 4 members (excludes halogenated alkanes) is 1. The van der Waals surface area contributed by atoms with Crippen LogP contribution in [0.25, 0.3) is 0 Å². The molecule has 0 aliphatic rings. The minimum Gasteiger partial charge on any atom is -0.481 e. The molecule has 0 spiro atoms. The Labute approximate surface area is 412 Å². The summed E-state index contributed by atoms with van der Waals surface area (Å²) in [5, 5.41) is 57.7. The summed E-state index contributed by atoms with van der Waals surface area (Å²) in [5.74, 6) is -15.8. The van der Waals surface area contributed by atoms with Gasteiger partial charge in [-0.05, 0) is 57.1 Å². The average Bonchev–Trinajstić information content (AvgIpc) is 3.30. The molecule has 8 unspecified atom stereocenters. The molecule has 0 radical (unpaired) electrons. The summed E-state index contributed by atoms with van der Waals surface area (Å²) in [6, 6.07) is -3.79. The first-order valence-corrected chi connectivity index (χ1v) is 22.5. The molecular formula is C43H66N12O17. The minimum absolute atomic E-state index is 0.0258. The number of aliphatic carboxylic acids is 3. The lowest BCUT2D eigenvalue weighted by atomic mass is 10.0. The molecule has 72 heavy (non-hydrogen) atoms. The van der Waals surface area contributed by atoms with Crippen molar-refractivity contribution >= 4 is 77.0 Å². The molecule has 400 valence electrons. The van der Waals surface area contributed by atoms with E-state index in [1.807, 2.05) is 0 Å². The molecule has 19 N–H and O–H groups in total. The number of benzene rings is 1. The Morgan fingerprint density at radius 1 is 0.542 bits per heavy atom. The monoisotopic (exact) mass is 1020 g/mol. The third-order valence-electron chi connectivity index (χ3n) is 10.2. The summed E-state index contributed by atoms with van der Waals surface area (Å²) in [6.07, 6.45) is -2.35. The number of carbonyl (C=O) groups is 13. The van der Waals surface area contributed by atoms with Gasteiger partial charge in [0, 0.05) is 6.42 Å². The number of primary amides is 1. The first-order valence-electron chi connectivity index (χ1n) is 22.5. The zero-order valence-corrected chi connectivity index (χ0v) is 39.9. The Morgan fingerprint density at radius 2 is 1.07 bits per heavy atom. The number of carboxylic acids is 3. The molecule has 29 heteroatoms. The van der Waals surface area contributed by atoms with Gasteiger partial charge in [0.1, 0.15) is 48.8 Å². The van der Waals surface area contributed by atoms with Crippen molar-refractivity contribution in [3.63, 3.8) is 0 Å². The highest BCUT2D eigenvalue weighted by Crippen LogP contribution is 2.08. The van der Waals surface area contributed by atoms with Gasteiger partial charge in [-0.3, -0.25) is 62.3 Å². The fourth-order valence-electron chi connectivity index (χ4n) is 6.34. The largest absolute Gasteiger partial charge is 0.481 e. The molecule has 0 saturated carbocycles. The predicted octanol–water partition coefficient (Wildman–Crippen LogP) is -6.72. The molecule has 1 aromatic rings. The Morgan fingerprint density at radius 3 is 1.61 bits per heavy atom. The summed E-state index contributed by atoms with van der Waals surface area (Å²) < 4.78 is 0. The molecule has 1 aromatic carbocycles. The molecule has 0 heterocycles. The fourth-order valence-corrected chi connectivity index (χ4v) is 6.34. The number of nitrogens with one attached hydrogen (secondary N) is 9. The lowest BCUT2D eigenvalue weighted by molar-refractivity contribution is -0.142. The highest BCUT2D eigenvalue weighted by molar-refractivity contribution is 5.99. The van der Waals surface area contributed by atoms with E-state index in [2.05, 4.69) is 47.9 Å². The lowest BCUT2D eigenvalue weighted by Gasteiger charge is -2.27. The summed E-state index contributed by atoms with van der Waals surface area (Å²) in [4.78, 5) is 164. The minimum atomic E-state index is -1.94. The van der Waals surface area contributed by atoms with Crippen LogP contribution in [0.5, 0.6) is 0 Å². The molecule has 1 rings (SSSR count). The van der Waals surface area contributed by atoms with Gasteiger partial charge in [-0.1, -0.05) is 44.2 Å². The molecule has 0 aromatic heterocycles. The van der Waals surface area contributed by atoms with Crippen LogP contribution >= 0.6 is 0 Å². The molecule has 0 aliphatic carbocycles. The summed E-state index contributed by atoms with van der Waals surface area (Å²) in [5.41, 5.74) is 17.5. The van der Waals surface area contributed by atoms with Gasteiger partial charge in [0.05, 0.1) is 32.0 Å². The second kappa shape index (κ2) is 32.2. The van der Waals surface area contributed by atoms with E-state index in [-0.39, 0.29) is 19.4 Å². The van der Waals surface area contributed by atoms with Gasteiger partial charge in [0.15, 0.2) is 0 Å². The number of aliphatic hydroxyl groups is 1. The first-order chi connectivity index (χ1) is 33.8. The van der Waals surface area contributed by atoms with Gasteiger partial charge in [0.2, 0.25) is 59.1 Å². The first kappa shape index (κ1) is 62.2. The fraction of sp³-hybridized carbons (Fsp3) is 0.558. The molecule has 29 nitrogen and oxygen atoms in total. The van der Waals surface area contributed by atoms with E-state index < -0.39 is 177 Å². The highest BCUT2D eigenvalue weighted by Gasteiger charge is 2.35. The van der Waals surface area contributed by atoms with Crippen molar-refractivity contribution in [2.24, 2.45) is 23.1 Å². The van der Waals surface area contributed by atoms with Crippen LogP contribution < -0.4 is 65.1 Å². The standard InChI is InChI=1S/C43H66N12O17/c1-21(2)35(43(72)47-18-31(58)50-29(20-56)42(71)53-27(16-30(46)57)40(69)52-25(11-7-8-14-44)38(67)48-19-34(63)64)55-41(70)28(17-33(61)62)54-39(68)26(12-13-32(59)60)51-36(65)22(3)49-37(66)24(45)15-23-9-5-4-6-10-23/h4-6,9-10,21-22,24-29,35,56H,7-8,11-20,44-45H2,1-3H3,(H2,46,57)(H,47,72)(H,48,67)(H,49,66)(H,50,58)(H,51,65)(H,52,69)(H,53,71)(H,54,68)(H,55,70)(H,59,60)(H,61,62)(H,63,64). The second-order valence-corrected chi connectivity index (χ2v) is 16.6. The van der Waals surface area contributed by atoms with Gasteiger partial charge < -0.3 is 85.5 Å². The van der Waals surface area contributed by atoms with Gasteiger partial charge >= 0.3 is 17.9 Å². The Bertz CT molecular complexity index is 2090. The number of carboxylic acid groups (broad SMARTS) is 3. The van der Waals surface area contributed by atoms with Crippen LogP contribution in [-0.2, 0) is 68.7 Å². The molecule has 0 aliphatic heterocycles. The molecule has 0 bridgehead atoms. The maximum absolute atomic E-state index is 13.5. The van der Waals surface area contributed by atoms with Crippen LogP contribution in [0.15, 0.2) is 30.3 Å². The van der Waals surface area contributed by atoms with Crippen molar-refractivity contribution in [1.82, 2.24) is 47.9 Å². The SMILES string of the molecule is CC(NC(=O)C(N)Cc1ccccc1)C(=O)NC(CCC(=O)O)C(=O)NC(CC(=O)O)C(=O)NC(C(=O)NCC(=O)NC(CO)C(=O)NC(CC(N)=O)C(=O)NC(CCCCN)C(=O)NCC(=O)O)C(C)C. The number of aliphatic hydroxyl groups excluding tert-OH is 1. The quantitative estimate of drug-likeness (QED) is 0.0285. The Kier molecular flexibility index (Phi) is 27.8. The lowest BCUT2D eigenvalue weighted by Crippen LogP contribution is -2.60. The summed E-state index contributed by atoms with van der Waals surface area (Å²) in [7, 11) is 0. The van der Waals surface area contributed by atoms with Crippen LogP contribution in [0.1, 0.15) is 71.3 Å².